The van der Waals surface area contributed by atoms with Gasteiger partial charge < -0.3 is 0 Å². The lowest BCUT2D eigenvalue weighted by atomic mass is 9.95. The van der Waals surface area contributed by atoms with Gasteiger partial charge in [-0.05, 0) is 11.6 Å². The second-order valence-corrected chi connectivity index (χ2v) is 3.08. The zero-order chi connectivity index (χ0) is 13.1. The number of hydrogen-bond acceptors (Lipinski definition) is 3. The molecule has 0 radical (unpaired) electrons. The fraction of sp³-hybridized carbons (Fsp3) is 0.182. The van der Waals surface area contributed by atoms with Crippen molar-refractivity contribution in [3.63, 3.8) is 0 Å². The van der Waals surface area contributed by atoms with Gasteiger partial charge in [-0.1, -0.05) is 6.07 Å². The van der Waals surface area contributed by atoms with Gasteiger partial charge in [-0.25, -0.2) is 0 Å². The normalized spacial score (nSPS) is 10.1. The van der Waals surface area contributed by atoms with Gasteiger partial charge >= 0.3 is 6.18 Å². The number of rotatable bonds is 1. The molecule has 0 aromatic heterocycles. The van der Waals surface area contributed by atoms with E-state index in [4.69, 9.17) is 15.8 Å². The number of nitrogens with zero attached hydrogens (tertiary/aromatic N) is 3. The van der Waals surface area contributed by atoms with Crippen molar-refractivity contribution in [3.05, 3.63) is 34.4 Å². The Morgan fingerprint density at radius 1 is 1.06 bits per heavy atom. The maximum atomic E-state index is 12.7. The van der Waals surface area contributed by atoms with Crippen molar-refractivity contribution < 1.29 is 13.2 Å². The van der Waals surface area contributed by atoms with Crippen LogP contribution in [0.2, 0.25) is 0 Å². The van der Waals surface area contributed by atoms with E-state index in [1.165, 1.54) is 18.2 Å². The highest BCUT2D eigenvalue weighted by Crippen LogP contribution is 2.35. The van der Waals surface area contributed by atoms with Gasteiger partial charge in [-0.15, -0.1) is 0 Å². The van der Waals surface area contributed by atoms with E-state index in [2.05, 4.69) is 0 Å². The number of benzene rings is 1. The maximum Gasteiger partial charge on any atom is 0.418 e. The molecule has 0 unspecified atom stereocenters. The molecule has 84 valence electrons. The summed E-state index contributed by atoms with van der Waals surface area (Å²) in [6.07, 6.45) is -5.10. The molecule has 0 atom stereocenters. The van der Waals surface area contributed by atoms with E-state index in [0.717, 1.165) is 6.07 Å². The summed E-state index contributed by atoms with van der Waals surface area (Å²) in [6, 6.07) is 6.63. The third-order valence-corrected chi connectivity index (χ3v) is 2.08. The largest absolute Gasteiger partial charge is 0.418 e. The first kappa shape index (κ1) is 12.5. The Hall–Kier alpha value is -2.52. The van der Waals surface area contributed by atoms with Crippen molar-refractivity contribution in [2.75, 3.05) is 0 Å². The first-order valence-electron chi connectivity index (χ1n) is 4.36. The molecule has 1 rings (SSSR count). The molecule has 0 aliphatic rings. The van der Waals surface area contributed by atoms with Gasteiger partial charge in [0.1, 0.15) is 6.07 Å². The van der Waals surface area contributed by atoms with Crippen LogP contribution in [0.5, 0.6) is 0 Å². The lowest BCUT2D eigenvalue weighted by molar-refractivity contribution is -0.138. The SMILES string of the molecule is N#CCc1ccc(C#N)c(C(F)(F)F)c1C#N. The number of alkyl halides is 3. The van der Waals surface area contributed by atoms with Crippen LogP contribution in [0.25, 0.3) is 0 Å². The van der Waals surface area contributed by atoms with E-state index in [-0.39, 0.29) is 12.0 Å². The van der Waals surface area contributed by atoms with Crippen LogP contribution in [0.3, 0.4) is 0 Å². The van der Waals surface area contributed by atoms with Gasteiger partial charge in [0.25, 0.3) is 0 Å². The third-order valence-electron chi connectivity index (χ3n) is 2.08. The predicted octanol–water partition coefficient (Wildman–Crippen LogP) is 2.51. The molecular formula is C11H4F3N3. The molecule has 17 heavy (non-hydrogen) atoms. The Morgan fingerprint density at radius 3 is 2.12 bits per heavy atom. The minimum absolute atomic E-state index is 0.0266. The van der Waals surface area contributed by atoms with E-state index in [1.807, 2.05) is 0 Å². The fourth-order valence-corrected chi connectivity index (χ4v) is 1.39. The number of nitriles is 3. The topological polar surface area (TPSA) is 71.4 Å². The number of hydrogen-bond donors (Lipinski definition) is 0. The van der Waals surface area contributed by atoms with Crippen LogP contribution in [-0.2, 0) is 12.6 Å². The maximum absolute atomic E-state index is 12.7. The van der Waals surface area contributed by atoms with E-state index in [9.17, 15) is 13.2 Å². The molecule has 0 heterocycles. The van der Waals surface area contributed by atoms with Gasteiger partial charge in [0.2, 0.25) is 0 Å². The van der Waals surface area contributed by atoms with Crippen molar-refractivity contribution in [2.45, 2.75) is 12.6 Å². The Balaban J connectivity index is 3.65. The second kappa shape index (κ2) is 4.55. The summed E-state index contributed by atoms with van der Waals surface area (Å²) in [5.74, 6) is 0. The minimum Gasteiger partial charge on any atom is -0.198 e. The highest BCUT2D eigenvalue weighted by Gasteiger charge is 2.37. The first-order valence-corrected chi connectivity index (χ1v) is 4.36. The van der Waals surface area contributed by atoms with Crippen molar-refractivity contribution in [2.24, 2.45) is 0 Å². The van der Waals surface area contributed by atoms with Gasteiger partial charge in [0, 0.05) is 0 Å². The van der Waals surface area contributed by atoms with Gasteiger partial charge in [0.05, 0.1) is 35.2 Å². The molecule has 1 aromatic carbocycles. The Morgan fingerprint density at radius 2 is 1.71 bits per heavy atom. The smallest absolute Gasteiger partial charge is 0.198 e. The standard InChI is InChI=1S/C11H4F3N3/c12-11(13,14)10-8(5-16)2-1-7(3-4-15)9(10)6-17/h1-2H,3H2. The van der Waals surface area contributed by atoms with Crippen LogP contribution in [0, 0.1) is 34.0 Å². The van der Waals surface area contributed by atoms with Crippen LogP contribution in [0.1, 0.15) is 22.3 Å². The third kappa shape index (κ3) is 2.35. The summed E-state index contributed by atoms with van der Waals surface area (Å²) in [6.45, 7) is 0. The lowest BCUT2D eigenvalue weighted by Gasteiger charge is -2.12. The van der Waals surface area contributed by atoms with Crippen molar-refractivity contribution in [1.29, 1.82) is 15.8 Å². The van der Waals surface area contributed by atoms with Crippen LogP contribution in [-0.4, -0.2) is 0 Å². The molecule has 0 N–H and O–H groups in total. The molecule has 0 aliphatic carbocycles. The van der Waals surface area contributed by atoms with Crippen LogP contribution >= 0.6 is 0 Å². The van der Waals surface area contributed by atoms with Crippen molar-refractivity contribution in [1.82, 2.24) is 0 Å². The summed E-state index contributed by atoms with van der Waals surface area (Å²) in [4.78, 5) is 0. The molecule has 0 amide bonds. The Kier molecular flexibility index (Phi) is 3.36. The first-order chi connectivity index (χ1) is 7.95. The summed E-state index contributed by atoms with van der Waals surface area (Å²) in [7, 11) is 0. The van der Waals surface area contributed by atoms with Crippen LogP contribution in [0.4, 0.5) is 13.2 Å². The van der Waals surface area contributed by atoms with Gasteiger partial charge in [-0.3, -0.25) is 0 Å². The Bertz CT molecular complexity index is 568. The molecule has 3 nitrogen and oxygen atoms in total. The highest BCUT2D eigenvalue weighted by molar-refractivity contribution is 5.54. The molecule has 0 bridgehead atoms. The molecule has 0 spiro atoms. The zero-order valence-corrected chi connectivity index (χ0v) is 8.34. The van der Waals surface area contributed by atoms with E-state index in [0.29, 0.717) is 0 Å². The van der Waals surface area contributed by atoms with Gasteiger partial charge in [-0.2, -0.15) is 29.0 Å². The van der Waals surface area contributed by atoms with Crippen LogP contribution < -0.4 is 0 Å². The van der Waals surface area contributed by atoms with E-state index in [1.54, 1.807) is 6.07 Å². The van der Waals surface area contributed by atoms with E-state index < -0.39 is 22.9 Å². The summed E-state index contributed by atoms with van der Waals surface area (Å²) < 4.78 is 38.2. The molecule has 0 saturated heterocycles. The summed E-state index contributed by atoms with van der Waals surface area (Å²) >= 11 is 0. The lowest BCUT2D eigenvalue weighted by Crippen LogP contribution is -2.12. The fourth-order valence-electron chi connectivity index (χ4n) is 1.39. The molecule has 6 heteroatoms. The molecule has 0 fully saturated rings. The molecule has 1 aromatic rings. The highest BCUT2D eigenvalue weighted by atomic mass is 19.4. The number of halogens is 3. The summed E-state index contributed by atoms with van der Waals surface area (Å²) in [5.41, 5.74) is -2.56. The van der Waals surface area contributed by atoms with E-state index >= 15 is 0 Å². The molecule has 0 aliphatic heterocycles. The molecule has 0 saturated carbocycles. The minimum atomic E-state index is -4.79. The zero-order valence-electron chi connectivity index (χ0n) is 8.34. The van der Waals surface area contributed by atoms with Crippen molar-refractivity contribution >= 4 is 0 Å². The van der Waals surface area contributed by atoms with Crippen LogP contribution in [0.15, 0.2) is 12.1 Å². The second-order valence-electron chi connectivity index (χ2n) is 3.08. The molecular weight excluding hydrogens is 231 g/mol. The predicted molar refractivity (Wildman–Crippen MR) is 50.2 cm³/mol. The average Bonchev–Trinajstić information content (AvgIpc) is 2.27. The van der Waals surface area contributed by atoms with Gasteiger partial charge in [0.15, 0.2) is 0 Å². The van der Waals surface area contributed by atoms with Crippen molar-refractivity contribution in [3.8, 4) is 18.2 Å². The average molecular weight is 235 g/mol. The monoisotopic (exact) mass is 235 g/mol. The quantitative estimate of drug-likeness (QED) is 0.750. The Labute approximate surface area is 94.9 Å². The summed E-state index contributed by atoms with van der Waals surface area (Å²) in [5, 5.41) is 25.8.